The minimum Gasteiger partial charge on any atom is -0.677 e. The summed E-state index contributed by atoms with van der Waals surface area (Å²) in [6, 6.07) is 0. The standard InChI is InChI=1S/C5H5F3N3O/c6-5(7,8)4-11-10-3(12-4)1-2-9/h9H,1-2H2/q-1. The van der Waals surface area contributed by atoms with E-state index in [0.717, 1.165) is 0 Å². The fourth-order valence-electron chi connectivity index (χ4n) is 0.576. The first-order valence-corrected chi connectivity index (χ1v) is 3.08. The van der Waals surface area contributed by atoms with E-state index in [-0.39, 0.29) is 18.9 Å². The lowest BCUT2D eigenvalue weighted by molar-refractivity contribution is -0.157. The fourth-order valence-corrected chi connectivity index (χ4v) is 0.576. The van der Waals surface area contributed by atoms with Crippen molar-refractivity contribution in [1.82, 2.24) is 10.2 Å². The van der Waals surface area contributed by atoms with Crippen molar-refractivity contribution < 1.29 is 17.6 Å². The van der Waals surface area contributed by atoms with E-state index in [4.69, 9.17) is 5.73 Å². The summed E-state index contributed by atoms with van der Waals surface area (Å²) in [6.45, 7) is -0.0699. The SMILES string of the molecule is [NH-]CCc1nnc(C(F)(F)F)o1. The van der Waals surface area contributed by atoms with E-state index in [2.05, 4.69) is 14.6 Å². The Labute approximate surface area is 65.6 Å². The normalized spacial score (nSPS) is 12.0. The molecule has 1 aromatic rings. The predicted octanol–water partition coefficient (Wildman–Crippen LogP) is 1.68. The maximum atomic E-state index is 11.8. The highest BCUT2D eigenvalue weighted by Gasteiger charge is 2.37. The van der Waals surface area contributed by atoms with Crippen LogP contribution in [0.5, 0.6) is 0 Å². The number of rotatable bonds is 2. The lowest BCUT2D eigenvalue weighted by Gasteiger charge is -1.97. The van der Waals surface area contributed by atoms with Crippen LogP contribution in [0.4, 0.5) is 13.2 Å². The minimum absolute atomic E-state index is 0.0447. The van der Waals surface area contributed by atoms with Gasteiger partial charge in [0.1, 0.15) is 0 Å². The number of halogens is 3. The average Bonchev–Trinajstić information content (AvgIpc) is 2.35. The molecular weight excluding hydrogens is 175 g/mol. The number of hydrogen-bond acceptors (Lipinski definition) is 3. The Bertz CT molecular complexity index is 257. The van der Waals surface area contributed by atoms with E-state index in [1.807, 2.05) is 0 Å². The van der Waals surface area contributed by atoms with Gasteiger partial charge in [-0.25, -0.2) is 0 Å². The minimum atomic E-state index is -4.59. The summed E-state index contributed by atoms with van der Waals surface area (Å²) in [5.41, 5.74) is 6.70. The summed E-state index contributed by atoms with van der Waals surface area (Å²) in [5.74, 6) is -1.51. The molecule has 0 radical (unpaired) electrons. The van der Waals surface area contributed by atoms with Crippen molar-refractivity contribution in [2.75, 3.05) is 6.54 Å². The van der Waals surface area contributed by atoms with E-state index >= 15 is 0 Å². The Morgan fingerprint density at radius 1 is 1.33 bits per heavy atom. The summed E-state index contributed by atoms with van der Waals surface area (Å²) >= 11 is 0. The van der Waals surface area contributed by atoms with Crippen LogP contribution in [-0.2, 0) is 12.6 Å². The van der Waals surface area contributed by atoms with E-state index in [1.165, 1.54) is 0 Å². The monoisotopic (exact) mass is 180 g/mol. The van der Waals surface area contributed by atoms with Gasteiger partial charge < -0.3 is 10.2 Å². The number of nitrogens with one attached hydrogen (secondary N) is 1. The molecule has 1 N–H and O–H groups in total. The van der Waals surface area contributed by atoms with Crippen LogP contribution in [0.1, 0.15) is 11.8 Å². The second-order valence-corrected chi connectivity index (χ2v) is 2.00. The summed E-state index contributed by atoms with van der Waals surface area (Å²) < 4.78 is 39.6. The summed E-state index contributed by atoms with van der Waals surface area (Å²) in [5, 5.41) is 5.90. The lowest BCUT2D eigenvalue weighted by atomic mass is 10.4. The zero-order valence-electron chi connectivity index (χ0n) is 5.85. The Kier molecular flexibility index (Phi) is 2.32. The molecule has 0 aliphatic rings. The van der Waals surface area contributed by atoms with Gasteiger partial charge in [-0.3, -0.25) is 0 Å². The first-order chi connectivity index (χ1) is 5.54. The van der Waals surface area contributed by atoms with Crippen LogP contribution < -0.4 is 0 Å². The van der Waals surface area contributed by atoms with Gasteiger partial charge in [-0.1, -0.05) is 0 Å². The van der Waals surface area contributed by atoms with E-state index in [0.29, 0.717) is 0 Å². The molecule has 7 heteroatoms. The van der Waals surface area contributed by atoms with Crippen LogP contribution in [0.15, 0.2) is 4.42 Å². The molecule has 0 aromatic carbocycles. The number of hydrogen-bond donors (Lipinski definition) is 0. The zero-order chi connectivity index (χ0) is 9.19. The smallest absolute Gasteiger partial charge is 0.470 e. The van der Waals surface area contributed by atoms with Crippen molar-refractivity contribution in [3.63, 3.8) is 0 Å². The molecule has 68 valence electrons. The molecule has 12 heavy (non-hydrogen) atoms. The van der Waals surface area contributed by atoms with Crippen LogP contribution in [-0.4, -0.2) is 16.7 Å². The molecule has 0 unspecified atom stereocenters. The molecular formula is C5H5F3N3O-. The summed E-state index contributed by atoms with van der Waals surface area (Å²) in [7, 11) is 0. The first kappa shape index (κ1) is 8.98. The Morgan fingerprint density at radius 3 is 2.42 bits per heavy atom. The van der Waals surface area contributed by atoms with Crippen LogP contribution >= 0.6 is 0 Å². The lowest BCUT2D eigenvalue weighted by Crippen LogP contribution is -2.04. The predicted molar refractivity (Wildman–Crippen MR) is 32.2 cm³/mol. The molecule has 0 amide bonds. The largest absolute Gasteiger partial charge is 0.677 e. The van der Waals surface area contributed by atoms with E-state index < -0.39 is 12.1 Å². The van der Waals surface area contributed by atoms with Gasteiger partial charge in [0.2, 0.25) is 5.89 Å². The highest BCUT2D eigenvalue weighted by Crippen LogP contribution is 2.27. The van der Waals surface area contributed by atoms with Gasteiger partial charge in [-0.15, -0.1) is 16.7 Å². The molecule has 0 saturated carbocycles. The molecule has 0 spiro atoms. The third-order valence-corrected chi connectivity index (χ3v) is 1.05. The number of aromatic nitrogens is 2. The van der Waals surface area contributed by atoms with E-state index in [9.17, 15) is 13.2 Å². The van der Waals surface area contributed by atoms with Crippen LogP contribution in [0.2, 0.25) is 0 Å². The third-order valence-electron chi connectivity index (χ3n) is 1.05. The Hall–Kier alpha value is -1.11. The van der Waals surface area contributed by atoms with Gasteiger partial charge >= 0.3 is 12.1 Å². The van der Waals surface area contributed by atoms with Gasteiger partial charge in [-0.2, -0.15) is 13.2 Å². The molecule has 1 heterocycles. The third kappa shape index (κ3) is 1.94. The second-order valence-electron chi connectivity index (χ2n) is 2.00. The molecule has 1 rings (SSSR count). The van der Waals surface area contributed by atoms with Crippen molar-refractivity contribution in [1.29, 1.82) is 0 Å². The van der Waals surface area contributed by atoms with E-state index in [1.54, 1.807) is 0 Å². The number of alkyl halides is 3. The molecule has 0 aliphatic carbocycles. The Balaban J connectivity index is 2.77. The van der Waals surface area contributed by atoms with Gasteiger partial charge in [0, 0.05) is 6.42 Å². The fraction of sp³-hybridized carbons (Fsp3) is 0.600. The van der Waals surface area contributed by atoms with Gasteiger partial charge in [0.15, 0.2) is 0 Å². The molecule has 1 aromatic heterocycles. The topological polar surface area (TPSA) is 62.7 Å². The van der Waals surface area contributed by atoms with Crippen LogP contribution in [0.3, 0.4) is 0 Å². The first-order valence-electron chi connectivity index (χ1n) is 3.08. The summed E-state index contributed by atoms with van der Waals surface area (Å²) in [6.07, 6.45) is -4.55. The summed E-state index contributed by atoms with van der Waals surface area (Å²) in [4.78, 5) is 0. The molecule has 4 nitrogen and oxygen atoms in total. The van der Waals surface area contributed by atoms with Crippen molar-refractivity contribution in [2.24, 2.45) is 0 Å². The molecule has 0 atom stereocenters. The highest BCUT2D eigenvalue weighted by molar-refractivity contribution is 4.87. The van der Waals surface area contributed by atoms with Gasteiger partial charge in [-0.05, 0) is 0 Å². The molecule has 0 saturated heterocycles. The quantitative estimate of drug-likeness (QED) is 0.695. The molecule has 0 fully saturated rings. The van der Waals surface area contributed by atoms with Crippen LogP contribution in [0, 0.1) is 0 Å². The maximum absolute atomic E-state index is 11.8. The maximum Gasteiger partial charge on any atom is 0.470 e. The van der Waals surface area contributed by atoms with Crippen molar-refractivity contribution in [3.05, 3.63) is 17.5 Å². The average molecular weight is 180 g/mol. The Morgan fingerprint density at radius 2 is 2.00 bits per heavy atom. The van der Waals surface area contributed by atoms with Gasteiger partial charge in [0.05, 0.1) is 0 Å². The number of nitrogens with zero attached hydrogens (tertiary/aromatic N) is 2. The zero-order valence-corrected chi connectivity index (χ0v) is 5.85. The van der Waals surface area contributed by atoms with Crippen molar-refractivity contribution in [3.8, 4) is 0 Å². The van der Waals surface area contributed by atoms with Crippen molar-refractivity contribution in [2.45, 2.75) is 12.6 Å². The molecule has 0 bridgehead atoms. The van der Waals surface area contributed by atoms with Crippen LogP contribution in [0.25, 0.3) is 5.73 Å². The highest BCUT2D eigenvalue weighted by atomic mass is 19.4. The van der Waals surface area contributed by atoms with Gasteiger partial charge in [0.25, 0.3) is 0 Å². The second kappa shape index (κ2) is 3.10. The molecule has 0 aliphatic heterocycles. The van der Waals surface area contributed by atoms with Crippen molar-refractivity contribution >= 4 is 0 Å².